The molecule has 0 saturated heterocycles. The smallest absolute Gasteiger partial charge is 0.255 e. The summed E-state index contributed by atoms with van der Waals surface area (Å²) in [7, 11) is 0. The van der Waals surface area contributed by atoms with Crippen molar-refractivity contribution in [3.05, 3.63) is 71.6 Å². The number of aromatic nitrogens is 1. The topological polar surface area (TPSA) is 73.7 Å². The number of hydrogen-bond donors (Lipinski definition) is 2. The molecule has 2 N–H and O–H groups in total. The minimum absolute atomic E-state index is 0.0773. The van der Waals surface area contributed by atoms with Gasteiger partial charge in [0.2, 0.25) is 0 Å². The Morgan fingerprint density at radius 1 is 1.11 bits per heavy atom. The van der Waals surface area contributed by atoms with Crippen LogP contribution in [0.25, 0.3) is 5.57 Å². The van der Waals surface area contributed by atoms with Gasteiger partial charge in [-0.05, 0) is 67.7 Å². The first-order valence-electron chi connectivity index (χ1n) is 8.89. The van der Waals surface area contributed by atoms with Gasteiger partial charge in [0.15, 0.2) is 11.5 Å². The van der Waals surface area contributed by atoms with Crippen molar-refractivity contribution in [1.29, 1.82) is 0 Å². The Morgan fingerprint density at radius 2 is 1.70 bits per heavy atom. The summed E-state index contributed by atoms with van der Waals surface area (Å²) < 4.78 is 0. The summed E-state index contributed by atoms with van der Waals surface area (Å²) in [6.45, 7) is 10.2. The van der Waals surface area contributed by atoms with Gasteiger partial charge in [-0.15, -0.1) is 6.58 Å². The van der Waals surface area contributed by atoms with E-state index in [2.05, 4.69) is 11.6 Å². The molecule has 2 aromatic rings. The average Bonchev–Trinajstić information content (AvgIpc) is 2.68. The number of allylic oxidation sites excluding steroid dienone is 3. The highest BCUT2D eigenvalue weighted by molar-refractivity contribution is 5.94. The lowest BCUT2D eigenvalue weighted by Gasteiger charge is -2.29. The van der Waals surface area contributed by atoms with Crippen LogP contribution in [0.3, 0.4) is 0 Å². The lowest BCUT2D eigenvalue weighted by atomic mass is 9.98. The maximum Gasteiger partial charge on any atom is 0.255 e. The summed E-state index contributed by atoms with van der Waals surface area (Å²) in [4.78, 5) is 18.7. The zero-order chi connectivity index (χ0) is 20.0. The average molecular weight is 366 g/mol. The van der Waals surface area contributed by atoms with Gasteiger partial charge in [-0.2, -0.15) is 0 Å². The van der Waals surface area contributed by atoms with Crippen LogP contribution in [0.4, 0.5) is 0 Å². The molecular weight excluding hydrogens is 340 g/mol. The Balaban J connectivity index is 0.000000817. The van der Waals surface area contributed by atoms with Crippen molar-refractivity contribution >= 4 is 11.5 Å². The Bertz CT molecular complexity index is 872. The lowest BCUT2D eigenvalue weighted by molar-refractivity contribution is 0.0734. The number of benzene rings is 1. The standard InChI is InChI=1S/C19H20N2O3.C3H6/c1-3-12(2)14-6-15(10-20-9-14)19(24)21-5-4-13-7-17(22)18(23)8-16(13)11-21;1-3-2/h3,6-10,22-23H,4-5,11H2,1-2H3;3H,1H2,2H3/b12-3+;. The summed E-state index contributed by atoms with van der Waals surface area (Å²) in [6, 6.07) is 4.96. The van der Waals surface area contributed by atoms with E-state index in [0.717, 1.165) is 22.3 Å². The first kappa shape index (κ1) is 20.2. The van der Waals surface area contributed by atoms with Crippen LogP contribution in [-0.4, -0.2) is 32.5 Å². The molecule has 142 valence electrons. The third kappa shape index (κ3) is 4.76. The van der Waals surface area contributed by atoms with E-state index < -0.39 is 0 Å². The van der Waals surface area contributed by atoms with Crippen LogP contribution in [0, 0.1) is 0 Å². The maximum absolute atomic E-state index is 12.8. The zero-order valence-corrected chi connectivity index (χ0v) is 16.1. The third-order valence-corrected chi connectivity index (χ3v) is 4.47. The highest BCUT2D eigenvalue weighted by Crippen LogP contribution is 2.31. The fourth-order valence-electron chi connectivity index (χ4n) is 2.88. The molecule has 5 heteroatoms. The molecular formula is C22H26N2O3. The van der Waals surface area contributed by atoms with E-state index in [4.69, 9.17) is 0 Å². The van der Waals surface area contributed by atoms with Crippen molar-refractivity contribution in [1.82, 2.24) is 9.88 Å². The highest BCUT2D eigenvalue weighted by Gasteiger charge is 2.23. The second-order valence-electron chi connectivity index (χ2n) is 6.43. The van der Waals surface area contributed by atoms with Crippen molar-refractivity contribution in [3.63, 3.8) is 0 Å². The molecule has 0 unspecified atom stereocenters. The number of pyridine rings is 1. The molecule has 1 aromatic heterocycles. The summed E-state index contributed by atoms with van der Waals surface area (Å²) in [5.74, 6) is -0.353. The minimum Gasteiger partial charge on any atom is -0.504 e. The number of nitrogens with zero attached hydrogens (tertiary/aromatic N) is 2. The van der Waals surface area contributed by atoms with Crippen LogP contribution in [0.1, 0.15) is 47.8 Å². The normalized spacial score (nSPS) is 13.3. The number of fused-ring (bicyclic) bond motifs is 1. The quantitative estimate of drug-likeness (QED) is 0.614. The molecule has 1 aliphatic heterocycles. The van der Waals surface area contributed by atoms with Crippen LogP contribution in [-0.2, 0) is 13.0 Å². The van der Waals surface area contributed by atoms with Crippen LogP contribution in [0.5, 0.6) is 11.5 Å². The van der Waals surface area contributed by atoms with E-state index in [9.17, 15) is 15.0 Å². The molecule has 0 radical (unpaired) electrons. The maximum atomic E-state index is 12.8. The van der Waals surface area contributed by atoms with E-state index in [1.807, 2.05) is 32.9 Å². The summed E-state index contributed by atoms with van der Waals surface area (Å²) in [6.07, 6.45) is 7.71. The molecule has 0 bridgehead atoms. The molecule has 0 aliphatic carbocycles. The van der Waals surface area contributed by atoms with Crippen molar-refractivity contribution in [2.24, 2.45) is 0 Å². The fourth-order valence-corrected chi connectivity index (χ4v) is 2.88. The number of carbonyl (C=O) groups excluding carboxylic acids is 1. The molecule has 3 rings (SSSR count). The monoisotopic (exact) mass is 366 g/mol. The number of amides is 1. The second-order valence-corrected chi connectivity index (χ2v) is 6.43. The SMILES string of the molecule is C/C=C(\C)c1cncc(C(=O)N2CCc3cc(O)c(O)cc3C2)c1.C=CC. The number of carbonyl (C=O) groups is 1. The van der Waals surface area contributed by atoms with Gasteiger partial charge in [0.05, 0.1) is 5.56 Å². The van der Waals surface area contributed by atoms with Gasteiger partial charge in [-0.3, -0.25) is 9.78 Å². The lowest BCUT2D eigenvalue weighted by Crippen LogP contribution is -2.36. The van der Waals surface area contributed by atoms with Crippen molar-refractivity contribution < 1.29 is 15.0 Å². The molecule has 1 amide bonds. The van der Waals surface area contributed by atoms with E-state index in [-0.39, 0.29) is 17.4 Å². The van der Waals surface area contributed by atoms with Crippen LogP contribution in [0.2, 0.25) is 0 Å². The Hall–Kier alpha value is -3.08. The van der Waals surface area contributed by atoms with Crippen molar-refractivity contribution in [2.45, 2.75) is 33.7 Å². The fraction of sp³-hybridized carbons (Fsp3) is 0.273. The number of phenols is 2. The summed E-state index contributed by atoms with van der Waals surface area (Å²) in [5.41, 5.74) is 4.38. The van der Waals surface area contributed by atoms with Gasteiger partial charge in [0.25, 0.3) is 5.91 Å². The van der Waals surface area contributed by atoms with Crippen molar-refractivity contribution in [2.75, 3.05) is 6.54 Å². The van der Waals surface area contributed by atoms with E-state index in [1.54, 1.807) is 29.4 Å². The molecule has 1 aromatic carbocycles. The van der Waals surface area contributed by atoms with Crippen LogP contribution < -0.4 is 0 Å². The minimum atomic E-state index is -0.157. The number of aromatic hydroxyl groups is 2. The molecule has 0 fully saturated rings. The van der Waals surface area contributed by atoms with E-state index in [1.165, 1.54) is 6.07 Å². The highest BCUT2D eigenvalue weighted by atomic mass is 16.3. The van der Waals surface area contributed by atoms with Crippen LogP contribution >= 0.6 is 0 Å². The van der Waals surface area contributed by atoms with E-state index >= 15 is 0 Å². The third-order valence-electron chi connectivity index (χ3n) is 4.47. The first-order chi connectivity index (χ1) is 12.9. The molecule has 0 saturated carbocycles. The number of phenolic OH excluding ortho intramolecular Hbond substituents is 2. The van der Waals surface area contributed by atoms with Gasteiger partial charge in [-0.1, -0.05) is 12.2 Å². The van der Waals surface area contributed by atoms with Gasteiger partial charge in [0.1, 0.15) is 0 Å². The largest absolute Gasteiger partial charge is 0.504 e. The summed E-state index contributed by atoms with van der Waals surface area (Å²) >= 11 is 0. The zero-order valence-electron chi connectivity index (χ0n) is 16.1. The number of rotatable bonds is 2. The van der Waals surface area contributed by atoms with Gasteiger partial charge in [0, 0.05) is 25.5 Å². The molecule has 0 atom stereocenters. The first-order valence-corrected chi connectivity index (χ1v) is 8.89. The van der Waals surface area contributed by atoms with Crippen LogP contribution in [0.15, 0.2) is 49.3 Å². The predicted octanol–water partition coefficient (Wildman–Crippen LogP) is 4.31. The van der Waals surface area contributed by atoms with Crippen molar-refractivity contribution in [3.8, 4) is 11.5 Å². The predicted molar refractivity (Wildman–Crippen MR) is 108 cm³/mol. The summed E-state index contributed by atoms with van der Waals surface area (Å²) in [5, 5.41) is 19.3. The molecule has 2 heterocycles. The van der Waals surface area contributed by atoms with Gasteiger partial charge >= 0.3 is 0 Å². The van der Waals surface area contributed by atoms with Gasteiger partial charge in [-0.25, -0.2) is 0 Å². The molecule has 0 spiro atoms. The number of hydrogen-bond acceptors (Lipinski definition) is 4. The Kier molecular flexibility index (Phi) is 6.77. The molecule has 1 aliphatic rings. The molecule has 5 nitrogen and oxygen atoms in total. The Morgan fingerprint density at radius 3 is 2.33 bits per heavy atom. The molecule has 27 heavy (non-hydrogen) atoms. The van der Waals surface area contributed by atoms with Gasteiger partial charge < -0.3 is 15.1 Å². The van der Waals surface area contributed by atoms with E-state index in [0.29, 0.717) is 25.1 Å². The second kappa shape index (κ2) is 9.03. The Labute approximate surface area is 160 Å².